The van der Waals surface area contributed by atoms with E-state index in [1.165, 1.54) is 5.56 Å². The molecule has 7 heteroatoms. The van der Waals surface area contributed by atoms with Gasteiger partial charge < -0.3 is 4.74 Å². The molecule has 0 spiro atoms. The first-order valence-electron chi connectivity index (χ1n) is 11.7. The fourth-order valence-corrected chi connectivity index (χ4v) is 4.17. The summed E-state index contributed by atoms with van der Waals surface area (Å²) in [6.07, 6.45) is -0.775. The maximum absolute atomic E-state index is 15.2. The molecule has 0 N–H and O–H groups in total. The topological polar surface area (TPSA) is 9.23 Å². The number of aryl methyl sites for hydroxylation is 3. The lowest BCUT2D eigenvalue weighted by atomic mass is 9.96. The maximum atomic E-state index is 15.2. The van der Waals surface area contributed by atoms with Crippen molar-refractivity contribution < 1.29 is 31.1 Å². The quantitative estimate of drug-likeness (QED) is 0.160. The molecule has 0 aliphatic carbocycles. The van der Waals surface area contributed by atoms with Gasteiger partial charge in [0.05, 0.1) is 0 Å². The van der Waals surface area contributed by atoms with Crippen molar-refractivity contribution in [3.05, 3.63) is 114 Å². The van der Waals surface area contributed by atoms with Crippen LogP contribution in [0, 0.1) is 17.5 Å². The highest BCUT2D eigenvalue weighted by molar-refractivity contribution is 5.88. The van der Waals surface area contributed by atoms with Gasteiger partial charge in [0, 0.05) is 5.39 Å². The molecule has 0 unspecified atom stereocenters. The van der Waals surface area contributed by atoms with Gasteiger partial charge in [0.2, 0.25) is 0 Å². The molecule has 0 bridgehead atoms. The fraction of sp³-hybridized carbons (Fsp3) is 0.200. The Morgan fingerprint density at radius 1 is 0.730 bits per heavy atom. The molecule has 37 heavy (non-hydrogen) atoms. The molecule has 0 heterocycles. The SMILES string of the molecule is C=CCCc1ccc(-c2ccc3c(F)c(CCc4cc(F)c(OCC(F)(F)F)c(F)c4)ccc3c2)cc1. The zero-order chi connectivity index (χ0) is 26.6. The van der Waals surface area contributed by atoms with Crippen LogP contribution < -0.4 is 4.74 Å². The lowest BCUT2D eigenvalue weighted by molar-refractivity contribution is -0.154. The summed E-state index contributed by atoms with van der Waals surface area (Å²) in [5.41, 5.74) is 3.73. The van der Waals surface area contributed by atoms with Crippen molar-refractivity contribution in [2.24, 2.45) is 0 Å². The lowest BCUT2D eigenvalue weighted by Gasteiger charge is -2.12. The molecule has 0 amide bonds. The van der Waals surface area contributed by atoms with Gasteiger partial charge in [-0.1, -0.05) is 54.6 Å². The summed E-state index contributed by atoms with van der Waals surface area (Å²) < 4.78 is 84.6. The molecular formula is C30H24F6O. The minimum absolute atomic E-state index is 0.0894. The highest BCUT2D eigenvalue weighted by Gasteiger charge is 2.30. The molecule has 0 saturated carbocycles. The molecule has 192 valence electrons. The molecular weight excluding hydrogens is 490 g/mol. The predicted molar refractivity (Wildman–Crippen MR) is 133 cm³/mol. The Labute approximate surface area is 211 Å². The first-order chi connectivity index (χ1) is 17.6. The summed E-state index contributed by atoms with van der Waals surface area (Å²) in [5, 5.41) is 1.15. The number of hydrogen-bond acceptors (Lipinski definition) is 1. The molecule has 0 radical (unpaired) electrons. The Hall–Kier alpha value is -3.74. The van der Waals surface area contributed by atoms with Crippen LogP contribution >= 0.6 is 0 Å². The highest BCUT2D eigenvalue weighted by Crippen LogP contribution is 2.30. The molecule has 0 aliphatic heterocycles. The Morgan fingerprint density at radius 3 is 2.05 bits per heavy atom. The maximum Gasteiger partial charge on any atom is 0.422 e. The highest BCUT2D eigenvalue weighted by atomic mass is 19.4. The summed E-state index contributed by atoms with van der Waals surface area (Å²) in [6, 6.07) is 18.9. The zero-order valence-electron chi connectivity index (χ0n) is 19.8. The number of ether oxygens (including phenoxy) is 1. The molecule has 4 rings (SSSR count). The van der Waals surface area contributed by atoms with Crippen LogP contribution in [-0.4, -0.2) is 12.8 Å². The van der Waals surface area contributed by atoms with Crippen LogP contribution in [0.1, 0.15) is 23.1 Å². The predicted octanol–water partition coefficient (Wildman–Crippen LogP) is 8.77. The van der Waals surface area contributed by atoms with E-state index in [9.17, 15) is 22.0 Å². The molecule has 0 aliphatic rings. The summed E-state index contributed by atoms with van der Waals surface area (Å²) >= 11 is 0. The number of hydrogen-bond donors (Lipinski definition) is 0. The van der Waals surface area contributed by atoms with Gasteiger partial charge in [0.1, 0.15) is 5.82 Å². The van der Waals surface area contributed by atoms with E-state index in [0.29, 0.717) is 10.9 Å². The lowest BCUT2D eigenvalue weighted by Crippen LogP contribution is -2.20. The molecule has 1 nitrogen and oxygen atoms in total. The van der Waals surface area contributed by atoms with Gasteiger partial charge in [-0.15, -0.1) is 6.58 Å². The van der Waals surface area contributed by atoms with Gasteiger partial charge in [0.25, 0.3) is 0 Å². The van der Waals surface area contributed by atoms with Gasteiger partial charge in [0.15, 0.2) is 24.0 Å². The minimum atomic E-state index is -4.72. The molecule has 4 aromatic carbocycles. The van der Waals surface area contributed by atoms with Gasteiger partial charge in [-0.25, -0.2) is 13.2 Å². The van der Waals surface area contributed by atoms with Crippen LogP contribution in [0.15, 0.2) is 79.4 Å². The third kappa shape index (κ3) is 6.53. The third-order valence-corrected chi connectivity index (χ3v) is 6.08. The Balaban J connectivity index is 1.48. The van der Waals surface area contributed by atoms with Crippen LogP contribution in [0.25, 0.3) is 21.9 Å². The number of benzene rings is 4. The van der Waals surface area contributed by atoms with Crippen molar-refractivity contribution in [1.29, 1.82) is 0 Å². The van der Waals surface area contributed by atoms with Gasteiger partial charge >= 0.3 is 6.18 Å². The van der Waals surface area contributed by atoms with E-state index in [1.54, 1.807) is 18.2 Å². The summed E-state index contributed by atoms with van der Waals surface area (Å²) in [5.74, 6) is -3.98. The Bertz CT molecular complexity index is 1380. The monoisotopic (exact) mass is 514 g/mol. The number of alkyl halides is 3. The standard InChI is InChI=1S/C30H24F6O/c1-2-3-4-19-5-8-21(9-6-19)23-13-14-25-24(17-23)12-11-22(28(25)33)10-7-20-15-26(31)29(27(32)16-20)37-18-30(34,35)36/h2,5-6,8-9,11-17H,1,3-4,7,10,18H2. The van der Waals surface area contributed by atoms with Crippen molar-refractivity contribution >= 4 is 10.8 Å². The Kier molecular flexibility index (Phi) is 7.91. The number of allylic oxidation sites excluding steroid dienone is 1. The van der Waals surface area contributed by atoms with E-state index in [-0.39, 0.29) is 18.4 Å². The molecule has 0 atom stereocenters. The first-order valence-corrected chi connectivity index (χ1v) is 11.7. The average molecular weight is 515 g/mol. The summed E-state index contributed by atoms with van der Waals surface area (Å²) in [4.78, 5) is 0. The largest absolute Gasteiger partial charge is 0.478 e. The van der Waals surface area contributed by atoms with E-state index in [1.807, 2.05) is 30.3 Å². The molecule has 0 saturated heterocycles. The smallest absolute Gasteiger partial charge is 0.422 e. The van der Waals surface area contributed by atoms with E-state index in [2.05, 4.69) is 23.4 Å². The number of fused-ring (bicyclic) bond motifs is 1. The van der Waals surface area contributed by atoms with Crippen LogP contribution in [-0.2, 0) is 19.3 Å². The van der Waals surface area contributed by atoms with E-state index in [4.69, 9.17) is 0 Å². The average Bonchev–Trinajstić information content (AvgIpc) is 2.86. The van der Waals surface area contributed by atoms with Crippen LogP contribution in [0.4, 0.5) is 26.3 Å². The van der Waals surface area contributed by atoms with Gasteiger partial charge in [-0.3, -0.25) is 0 Å². The zero-order valence-corrected chi connectivity index (χ0v) is 19.8. The summed E-state index contributed by atoms with van der Waals surface area (Å²) in [7, 11) is 0. The second kappa shape index (κ2) is 11.1. The second-order valence-corrected chi connectivity index (χ2v) is 8.79. The normalized spacial score (nSPS) is 11.6. The third-order valence-electron chi connectivity index (χ3n) is 6.08. The number of halogens is 6. The van der Waals surface area contributed by atoms with Crippen LogP contribution in [0.5, 0.6) is 5.75 Å². The van der Waals surface area contributed by atoms with E-state index < -0.39 is 36.0 Å². The van der Waals surface area contributed by atoms with Crippen molar-refractivity contribution in [2.45, 2.75) is 31.9 Å². The summed E-state index contributed by atoms with van der Waals surface area (Å²) in [6.45, 7) is 1.94. The number of rotatable bonds is 9. The van der Waals surface area contributed by atoms with Crippen molar-refractivity contribution in [3.63, 3.8) is 0 Å². The second-order valence-electron chi connectivity index (χ2n) is 8.79. The van der Waals surface area contributed by atoms with Crippen LogP contribution in [0.3, 0.4) is 0 Å². The van der Waals surface area contributed by atoms with Crippen molar-refractivity contribution in [3.8, 4) is 16.9 Å². The van der Waals surface area contributed by atoms with Gasteiger partial charge in [-0.05, 0) is 77.1 Å². The molecule has 0 aromatic heterocycles. The van der Waals surface area contributed by atoms with Crippen LogP contribution in [0.2, 0.25) is 0 Å². The minimum Gasteiger partial charge on any atom is -0.478 e. The fourth-order valence-electron chi connectivity index (χ4n) is 4.17. The van der Waals surface area contributed by atoms with Crippen molar-refractivity contribution in [2.75, 3.05) is 6.61 Å². The molecule has 0 fully saturated rings. The molecule has 4 aromatic rings. The van der Waals surface area contributed by atoms with E-state index in [0.717, 1.165) is 41.5 Å². The first kappa shape index (κ1) is 26.3. The van der Waals surface area contributed by atoms with Crippen molar-refractivity contribution in [1.82, 2.24) is 0 Å². The Morgan fingerprint density at radius 2 is 1.41 bits per heavy atom. The van der Waals surface area contributed by atoms with Gasteiger partial charge in [-0.2, -0.15) is 13.2 Å². The van der Waals surface area contributed by atoms with E-state index >= 15 is 4.39 Å².